The number of rotatable bonds is 0. The summed E-state index contributed by atoms with van der Waals surface area (Å²) in [5.74, 6) is 0. The Balaban J connectivity index is 0.000000516. The maximum atomic E-state index is 12.1. The first-order valence-corrected chi connectivity index (χ1v) is 6.58. The van der Waals surface area contributed by atoms with Crippen LogP contribution in [0.25, 0.3) is 20.2 Å². The van der Waals surface area contributed by atoms with E-state index in [1.54, 1.807) is 11.3 Å². The van der Waals surface area contributed by atoms with Crippen LogP contribution < -0.4 is 5.43 Å². The molecule has 0 saturated carbocycles. The molecule has 0 saturated heterocycles. The molecule has 2 heteroatoms. The highest BCUT2D eigenvalue weighted by atomic mass is 32.1. The predicted molar refractivity (Wildman–Crippen MR) is 83.7 cm³/mol. The normalized spacial score (nSPS) is 9.44. The van der Waals surface area contributed by atoms with E-state index in [9.17, 15) is 4.79 Å². The molecule has 0 atom stereocenters. The van der Waals surface area contributed by atoms with Crippen molar-refractivity contribution in [3.05, 3.63) is 58.8 Å². The van der Waals surface area contributed by atoms with Gasteiger partial charge in [0.2, 0.25) is 0 Å². The van der Waals surface area contributed by atoms with Crippen molar-refractivity contribution in [2.75, 3.05) is 0 Å². The second-order valence-electron chi connectivity index (χ2n) is 3.42. The lowest BCUT2D eigenvalue weighted by atomic mass is 10.2. The molecule has 0 spiro atoms. The minimum absolute atomic E-state index is 0. The van der Waals surface area contributed by atoms with Crippen LogP contribution in [0.2, 0.25) is 0 Å². The van der Waals surface area contributed by atoms with Crippen molar-refractivity contribution in [3.63, 3.8) is 0 Å². The summed E-state index contributed by atoms with van der Waals surface area (Å²) in [4.78, 5) is 12.1. The maximum absolute atomic E-state index is 12.1. The van der Waals surface area contributed by atoms with Gasteiger partial charge in [-0.1, -0.05) is 45.5 Å². The lowest BCUT2D eigenvalue weighted by molar-refractivity contribution is 1.50. The molecule has 94 valence electrons. The van der Waals surface area contributed by atoms with Crippen molar-refractivity contribution in [1.82, 2.24) is 0 Å². The Labute approximate surface area is 112 Å². The fourth-order valence-corrected chi connectivity index (χ4v) is 2.82. The van der Waals surface area contributed by atoms with Gasteiger partial charge in [-0.2, -0.15) is 0 Å². The summed E-state index contributed by atoms with van der Waals surface area (Å²) in [6.07, 6.45) is 0. The first kappa shape index (κ1) is 14.4. The predicted octanol–water partition coefficient (Wildman–Crippen LogP) is 5.08. The van der Waals surface area contributed by atoms with Crippen molar-refractivity contribution in [1.29, 1.82) is 0 Å². The summed E-state index contributed by atoms with van der Waals surface area (Å²) in [6, 6.07) is 15.5. The van der Waals surface area contributed by atoms with Gasteiger partial charge >= 0.3 is 0 Å². The zero-order valence-electron chi connectivity index (χ0n) is 9.94. The molecular formula is C16H18OS. The topological polar surface area (TPSA) is 17.1 Å². The van der Waals surface area contributed by atoms with Gasteiger partial charge in [0.25, 0.3) is 0 Å². The highest BCUT2D eigenvalue weighted by molar-refractivity contribution is 7.24. The smallest absolute Gasteiger partial charge is 0.195 e. The van der Waals surface area contributed by atoms with E-state index in [2.05, 4.69) is 0 Å². The van der Waals surface area contributed by atoms with Crippen molar-refractivity contribution in [2.45, 2.75) is 21.3 Å². The quantitative estimate of drug-likeness (QED) is 0.514. The molecule has 0 aliphatic carbocycles. The molecule has 1 heterocycles. The fourth-order valence-electron chi connectivity index (χ4n) is 1.75. The van der Waals surface area contributed by atoms with Crippen LogP contribution in [0.3, 0.4) is 0 Å². The lowest BCUT2D eigenvalue weighted by Crippen LogP contribution is -1.99. The largest absolute Gasteiger partial charge is 0.289 e. The summed E-state index contributed by atoms with van der Waals surface area (Å²) in [6.45, 7) is 4.00. The molecule has 2 aromatic carbocycles. The summed E-state index contributed by atoms with van der Waals surface area (Å²) in [5.41, 5.74) is 0.139. The highest BCUT2D eigenvalue weighted by Crippen LogP contribution is 2.23. The maximum Gasteiger partial charge on any atom is 0.195 e. The second kappa shape index (κ2) is 6.31. The van der Waals surface area contributed by atoms with Crippen LogP contribution >= 0.6 is 11.3 Å². The number of hydrogen-bond donors (Lipinski definition) is 0. The van der Waals surface area contributed by atoms with Gasteiger partial charge in [-0.15, -0.1) is 11.3 Å². The first-order valence-electron chi connectivity index (χ1n) is 5.77. The molecule has 0 N–H and O–H groups in total. The molecule has 0 amide bonds. The number of hydrogen-bond acceptors (Lipinski definition) is 2. The SMILES string of the molecule is C.CC.O=c1c2ccccc2sc2ccccc12. The molecule has 18 heavy (non-hydrogen) atoms. The van der Waals surface area contributed by atoms with Crippen LogP contribution in [-0.2, 0) is 0 Å². The Bertz CT molecular complexity index is 641. The molecular weight excluding hydrogens is 240 g/mol. The molecule has 0 unspecified atom stereocenters. The molecule has 0 radical (unpaired) electrons. The fraction of sp³-hybridized carbons (Fsp3) is 0.188. The molecule has 3 aromatic rings. The Morgan fingerprint density at radius 3 is 1.61 bits per heavy atom. The van der Waals surface area contributed by atoms with E-state index >= 15 is 0 Å². The van der Waals surface area contributed by atoms with E-state index in [1.165, 1.54) is 0 Å². The summed E-state index contributed by atoms with van der Waals surface area (Å²) < 4.78 is 2.11. The Hall–Kier alpha value is -1.67. The van der Waals surface area contributed by atoms with Gasteiger partial charge in [0, 0.05) is 20.2 Å². The minimum atomic E-state index is 0. The van der Waals surface area contributed by atoms with Crippen LogP contribution in [0, 0.1) is 0 Å². The van der Waals surface area contributed by atoms with Crippen LogP contribution in [-0.4, -0.2) is 0 Å². The van der Waals surface area contributed by atoms with Gasteiger partial charge in [0.1, 0.15) is 0 Å². The molecule has 1 nitrogen and oxygen atoms in total. The monoisotopic (exact) mass is 258 g/mol. The standard InChI is InChI=1S/C13H8OS.C2H6.CH4/c14-13-9-5-1-3-7-11(9)15-12-8-4-2-6-10(12)13;1-2;/h1-8H;1-2H3;1H4. The summed E-state index contributed by atoms with van der Waals surface area (Å²) >= 11 is 1.67. The molecule has 0 bridgehead atoms. The number of fused-ring (bicyclic) bond motifs is 2. The lowest BCUT2D eigenvalue weighted by Gasteiger charge is -1.99. The number of benzene rings is 2. The van der Waals surface area contributed by atoms with Gasteiger partial charge in [-0.25, -0.2) is 0 Å². The van der Waals surface area contributed by atoms with Crippen LogP contribution in [0.5, 0.6) is 0 Å². The third-order valence-electron chi connectivity index (χ3n) is 2.48. The van der Waals surface area contributed by atoms with Crippen LogP contribution in [0.4, 0.5) is 0 Å². The van der Waals surface area contributed by atoms with Crippen molar-refractivity contribution in [3.8, 4) is 0 Å². The second-order valence-corrected chi connectivity index (χ2v) is 4.51. The third kappa shape index (κ3) is 2.44. The van der Waals surface area contributed by atoms with E-state index in [0.717, 1.165) is 20.2 Å². The average molecular weight is 258 g/mol. The van der Waals surface area contributed by atoms with Crippen LogP contribution in [0.1, 0.15) is 21.3 Å². The first-order chi connectivity index (χ1) is 8.36. The Morgan fingerprint density at radius 2 is 1.17 bits per heavy atom. The van der Waals surface area contributed by atoms with E-state index in [4.69, 9.17) is 0 Å². The van der Waals surface area contributed by atoms with E-state index in [1.807, 2.05) is 62.4 Å². The molecule has 3 rings (SSSR count). The van der Waals surface area contributed by atoms with Crippen LogP contribution in [0.15, 0.2) is 53.3 Å². The van der Waals surface area contributed by atoms with Gasteiger partial charge in [0.15, 0.2) is 5.43 Å². The summed E-state index contributed by atoms with van der Waals surface area (Å²) in [5, 5.41) is 1.64. The van der Waals surface area contributed by atoms with E-state index in [0.29, 0.717) is 0 Å². The highest BCUT2D eigenvalue weighted by Gasteiger charge is 2.03. The van der Waals surface area contributed by atoms with Gasteiger partial charge in [-0.3, -0.25) is 4.79 Å². The average Bonchev–Trinajstić information content (AvgIpc) is 2.41. The minimum Gasteiger partial charge on any atom is -0.289 e. The Morgan fingerprint density at radius 1 is 0.778 bits per heavy atom. The van der Waals surface area contributed by atoms with E-state index in [-0.39, 0.29) is 12.9 Å². The Kier molecular flexibility index (Phi) is 5.05. The third-order valence-corrected chi connectivity index (χ3v) is 3.64. The van der Waals surface area contributed by atoms with Crippen molar-refractivity contribution in [2.24, 2.45) is 0 Å². The molecule has 0 aliphatic heterocycles. The molecule has 1 aromatic heterocycles. The zero-order chi connectivity index (χ0) is 12.3. The molecule has 0 aliphatic rings. The van der Waals surface area contributed by atoms with Crippen molar-refractivity contribution >= 4 is 31.5 Å². The van der Waals surface area contributed by atoms with Gasteiger partial charge < -0.3 is 0 Å². The molecule has 0 fully saturated rings. The van der Waals surface area contributed by atoms with E-state index < -0.39 is 0 Å². The zero-order valence-corrected chi connectivity index (χ0v) is 10.8. The van der Waals surface area contributed by atoms with Gasteiger partial charge in [-0.05, 0) is 24.3 Å². The van der Waals surface area contributed by atoms with Crippen molar-refractivity contribution < 1.29 is 0 Å². The van der Waals surface area contributed by atoms with Gasteiger partial charge in [0.05, 0.1) is 0 Å². The summed E-state index contributed by atoms with van der Waals surface area (Å²) in [7, 11) is 0.